The van der Waals surface area contributed by atoms with Gasteiger partial charge in [0.15, 0.2) is 0 Å². The maximum atomic E-state index is 12.7. The summed E-state index contributed by atoms with van der Waals surface area (Å²) in [6, 6.07) is 8.21. The van der Waals surface area contributed by atoms with Gasteiger partial charge in [0, 0.05) is 12.2 Å². The van der Waals surface area contributed by atoms with Crippen molar-refractivity contribution in [1.82, 2.24) is 4.98 Å². The molecule has 0 amide bonds. The Balaban J connectivity index is 2.09. The molecule has 1 aromatic heterocycles. The normalized spacial score (nSPS) is 10.2. The van der Waals surface area contributed by atoms with Gasteiger partial charge in [0.2, 0.25) is 0 Å². The van der Waals surface area contributed by atoms with Gasteiger partial charge in [-0.15, -0.1) is 0 Å². The monoisotopic (exact) mass is 261 g/mol. The number of anilines is 1. The standard InChI is InChI=1S/C13H10FN2O3/c14-10-3-1-9(2-4-10)8-16(19)11-5-6-12(13(17)18)15-7-11/h1-7H,8H2,(H,17,18)/q-1. The number of carboxylic acids is 1. The minimum atomic E-state index is -1.15. The van der Waals surface area contributed by atoms with Gasteiger partial charge < -0.3 is 15.4 Å². The molecule has 0 aliphatic carbocycles. The second-order valence-corrected chi connectivity index (χ2v) is 3.87. The molecular weight excluding hydrogens is 251 g/mol. The number of carboxylic acid groups (broad SMARTS) is 1. The Kier molecular flexibility index (Phi) is 3.72. The van der Waals surface area contributed by atoms with Crippen LogP contribution >= 0.6 is 0 Å². The van der Waals surface area contributed by atoms with Crippen LogP contribution in [0.15, 0.2) is 42.6 Å². The summed E-state index contributed by atoms with van der Waals surface area (Å²) in [4.78, 5) is 14.3. The topological polar surface area (TPSA) is 76.5 Å². The Morgan fingerprint density at radius 3 is 2.47 bits per heavy atom. The first kappa shape index (κ1) is 13.0. The molecule has 0 fully saturated rings. The van der Waals surface area contributed by atoms with Crippen LogP contribution in [0.1, 0.15) is 16.1 Å². The predicted octanol–water partition coefficient (Wildman–Crippen LogP) is 2.42. The van der Waals surface area contributed by atoms with Crippen molar-refractivity contribution in [2.45, 2.75) is 6.54 Å². The first-order chi connectivity index (χ1) is 9.06. The summed E-state index contributed by atoms with van der Waals surface area (Å²) in [5, 5.41) is 21.2. The van der Waals surface area contributed by atoms with Crippen LogP contribution in [0.2, 0.25) is 0 Å². The molecular formula is C13H10FN2O3-. The van der Waals surface area contributed by atoms with Crippen molar-refractivity contribution < 1.29 is 14.3 Å². The number of hydrogen-bond donors (Lipinski definition) is 1. The van der Waals surface area contributed by atoms with Crippen molar-refractivity contribution in [1.29, 1.82) is 0 Å². The van der Waals surface area contributed by atoms with Gasteiger partial charge in [0.05, 0.1) is 6.20 Å². The summed E-state index contributed by atoms with van der Waals surface area (Å²) in [5.74, 6) is -1.52. The fourth-order valence-electron chi connectivity index (χ4n) is 1.51. The van der Waals surface area contributed by atoms with Gasteiger partial charge >= 0.3 is 5.97 Å². The maximum Gasteiger partial charge on any atom is 0.354 e. The van der Waals surface area contributed by atoms with Crippen LogP contribution < -0.4 is 5.06 Å². The Bertz CT molecular complexity index is 569. The molecule has 0 saturated heterocycles. The van der Waals surface area contributed by atoms with E-state index in [1.165, 1.54) is 42.6 Å². The lowest BCUT2D eigenvalue weighted by atomic mass is 10.2. The number of nitrogens with zero attached hydrogens (tertiary/aromatic N) is 2. The molecule has 2 aromatic rings. The molecule has 6 heteroatoms. The third-order valence-corrected chi connectivity index (χ3v) is 2.49. The van der Waals surface area contributed by atoms with Gasteiger partial charge in [0.1, 0.15) is 11.5 Å². The molecule has 5 nitrogen and oxygen atoms in total. The van der Waals surface area contributed by atoms with Crippen LogP contribution in [0.3, 0.4) is 0 Å². The van der Waals surface area contributed by atoms with E-state index in [1.54, 1.807) is 0 Å². The molecule has 0 radical (unpaired) electrons. The highest BCUT2D eigenvalue weighted by Crippen LogP contribution is 2.15. The highest BCUT2D eigenvalue weighted by Gasteiger charge is 2.04. The Labute approximate surface area is 108 Å². The first-order valence-electron chi connectivity index (χ1n) is 5.45. The molecule has 0 saturated carbocycles. The summed E-state index contributed by atoms with van der Waals surface area (Å²) in [6.07, 6.45) is 1.19. The number of hydroxylamine groups is 1. The second-order valence-electron chi connectivity index (χ2n) is 3.87. The van der Waals surface area contributed by atoms with Gasteiger partial charge in [-0.2, -0.15) is 0 Å². The summed E-state index contributed by atoms with van der Waals surface area (Å²) in [5.41, 5.74) is 0.770. The molecule has 98 valence electrons. The third kappa shape index (κ3) is 3.26. The molecule has 0 aliphatic rings. The summed E-state index contributed by atoms with van der Waals surface area (Å²) in [6.45, 7) is 0.0361. The van der Waals surface area contributed by atoms with E-state index in [0.29, 0.717) is 10.6 Å². The van der Waals surface area contributed by atoms with Crippen molar-refractivity contribution in [3.63, 3.8) is 0 Å². The third-order valence-electron chi connectivity index (χ3n) is 2.49. The molecule has 0 aliphatic heterocycles. The van der Waals surface area contributed by atoms with Gasteiger partial charge in [-0.05, 0) is 29.8 Å². The number of carbonyl (C=O) groups is 1. The molecule has 1 N–H and O–H groups in total. The molecule has 0 spiro atoms. The first-order valence-corrected chi connectivity index (χ1v) is 5.45. The number of rotatable bonds is 4. The number of pyridine rings is 1. The average Bonchev–Trinajstić information content (AvgIpc) is 2.41. The number of halogens is 1. The molecule has 2 rings (SSSR count). The molecule has 1 aromatic carbocycles. The minimum absolute atomic E-state index is 0.0361. The van der Waals surface area contributed by atoms with Crippen molar-refractivity contribution in [3.8, 4) is 0 Å². The lowest BCUT2D eigenvalue weighted by Gasteiger charge is -2.30. The highest BCUT2D eigenvalue weighted by molar-refractivity contribution is 5.85. The Morgan fingerprint density at radius 1 is 1.26 bits per heavy atom. The molecule has 0 bridgehead atoms. The van der Waals surface area contributed by atoms with Crippen LogP contribution in [-0.2, 0) is 6.54 Å². The van der Waals surface area contributed by atoms with E-state index in [4.69, 9.17) is 5.11 Å². The number of hydrogen-bond acceptors (Lipinski definition) is 4. The fraction of sp³-hybridized carbons (Fsp3) is 0.0769. The van der Waals surface area contributed by atoms with E-state index >= 15 is 0 Å². The zero-order valence-corrected chi connectivity index (χ0v) is 9.78. The lowest BCUT2D eigenvalue weighted by molar-refractivity contribution is 0.0690. The van der Waals surface area contributed by atoms with E-state index < -0.39 is 5.97 Å². The lowest BCUT2D eigenvalue weighted by Crippen LogP contribution is -2.14. The fourth-order valence-corrected chi connectivity index (χ4v) is 1.51. The summed E-state index contributed by atoms with van der Waals surface area (Å²) >= 11 is 0. The van der Waals surface area contributed by atoms with Gasteiger partial charge in [0.25, 0.3) is 0 Å². The number of aromatic nitrogens is 1. The van der Waals surface area contributed by atoms with Crippen LogP contribution in [0.5, 0.6) is 0 Å². The summed E-state index contributed by atoms with van der Waals surface area (Å²) < 4.78 is 12.7. The smallest absolute Gasteiger partial charge is 0.354 e. The SMILES string of the molecule is O=C(O)c1ccc(N([O-])Cc2ccc(F)cc2)cn1. The van der Waals surface area contributed by atoms with Gasteiger partial charge in [-0.25, -0.2) is 14.2 Å². The zero-order valence-electron chi connectivity index (χ0n) is 9.78. The minimum Gasteiger partial charge on any atom is -0.758 e. The van der Waals surface area contributed by atoms with E-state index in [9.17, 15) is 14.4 Å². The van der Waals surface area contributed by atoms with Crippen molar-refractivity contribution >= 4 is 11.7 Å². The number of benzene rings is 1. The summed E-state index contributed by atoms with van der Waals surface area (Å²) in [7, 11) is 0. The van der Waals surface area contributed by atoms with Crippen LogP contribution in [-0.4, -0.2) is 16.1 Å². The molecule has 19 heavy (non-hydrogen) atoms. The average molecular weight is 261 g/mol. The molecule has 1 heterocycles. The van der Waals surface area contributed by atoms with Gasteiger partial charge in [-0.1, -0.05) is 12.1 Å². The van der Waals surface area contributed by atoms with E-state index in [2.05, 4.69) is 4.98 Å². The molecule has 0 atom stereocenters. The second kappa shape index (κ2) is 5.45. The zero-order chi connectivity index (χ0) is 13.8. The largest absolute Gasteiger partial charge is 0.758 e. The van der Waals surface area contributed by atoms with E-state index in [0.717, 1.165) is 0 Å². The van der Waals surface area contributed by atoms with Crippen molar-refractivity contribution in [2.24, 2.45) is 0 Å². The van der Waals surface area contributed by atoms with Crippen LogP contribution in [0, 0.1) is 11.0 Å². The number of aromatic carboxylic acids is 1. The Morgan fingerprint density at radius 2 is 1.95 bits per heavy atom. The van der Waals surface area contributed by atoms with Crippen LogP contribution in [0.25, 0.3) is 0 Å². The predicted molar refractivity (Wildman–Crippen MR) is 67.1 cm³/mol. The highest BCUT2D eigenvalue weighted by atomic mass is 19.1. The van der Waals surface area contributed by atoms with Crippen molar-refractivity contribution in [2.75, 3.05) is 5.06 Å². The van der Waals surface area contributed by atoms with Crippen LogP contribution in [0.4, 0.5) is 10.1 Å². The van der Waals surface area contributed by atoms with Crippen molar-refractivity contribution in [3.05, 3.63) is 64.9 Å². The van der Waals surface area contributed by atoms with Gasteiger partial charge in [-0.3, -0.25) is 0 Å². The van der Waals surface area contributed by atoms with E-state index in [1.807, 2.05) is 0 Å². The van der Waals surface area contributed by atoms with E-state index in [-0.39, 0.29) is 23.7 Å². The molecule has 0 unspecified atom stereocenters. The maximum absolute atomic E-state index is 12.7. The quantitative estimate of drug-likeness (QED) is 0.855. The Hall–Kier alpha value is -2.47.